The van der Waals surface area contributed by atoms with Crippen molar-refractivity contribution in [3.8, 4) is 22.9 Å². The van der Waals surface area contributed by atoms with Crippen molar-refractivity contribution in [1.82, 2.24) is 19.3 Å². The fourth-order valence-electron chi connectivity index (χ4n) is 6.05. The molecule has 0 saturated carbocycles. The molecule has 0 N–H and O–H groups in total. The molecule has 0 amide bonds. The summed E-state index contributed by atoms with van der Waals surface area (Å²) in [6.07, 6.45) is 2.73. The summed E-state index contributed by atoms with van der Waals surface area (Å²) in [6.45, 7) is 6.30. The molecule has 13 nitrogen and oxygen atoms in total. The molecular weight excluding hydrogens is 740 g/mol. The number of aromatic nitrogens is 4. The van der Waals surface area contributed by atoms with Crippen molar-refractivity contribution < 1.29 is 23.9 Å². The summed E-state index contributed by atoms with van der Waals surface area (Å²) in [7, 11) is 3.03. The molecule has 1 atom stereocenters. The minimum absolute atomic E-state index is 0.119. The molecule has 1 aliphatic rings. The lowest BCUT2D eigenvalue weighted by molar-refractivity contribution is -0.384. The fraction of sp³-hybridized carbons (Fsp3) is 0.270. The number of carbonyl (C=O) groups is 1. The summed E-state index contributed by atoms with van der Waals surface area (Å²) in [5, 5.41) is 21.9. The average molecular weight is 775 g/mol. The molecule has 274 valence electrons. The van der Waals surface area contributed by atoms with Gasteiger partial charge in [-0.2, -0.15) is 0 Å². The lowest BCUT2D eigenvalue weighted by Gasteiger charge is -2.27. The first kappa shape index (κ1) is 37.5. The van der Waals surface area contributed by atoms with Crippen molar-refractivity contribution in [3.05, 3.63) is 118 Å². The predicted octanol–water partition coefficient (Wildman–Crippen LogP) is 6.59. The zero-order valence-corrected chi connectivity index (χ0v) is 31.9. The molecule has 16 heteroatoms. The maximum atomic E-state index is 14.6. The van der Waals surface area contributed by atoms with Crippen LogP contribution in [0.25, 0.3) is 17.5 Å². The van der Waals surface area contributed by atoms with Crippen molar-refractivity contribution in [2.45, 2.75) is 56.3 Å². The quantitative estimate of drug-likeness (QED) is 0.0728. The van der Waals surface area contributed by atoms with Crippen LogP contribution in [0.1, 0.15) is 50.8 Å². The standard InChI is InChI=1S/C37H35ClN6O7S2/c1-6-10-27-31(35(46)51-8-3)32(26-20-25(49-4)14-15-28(26)50-5)43-34(45)30(53-36(43)39-27)19-22-18-24(44(47)48)13-16-29(22)52-37-41-40-33(42(37)7-2)21-11-9-12-23(38)17-21/h9,11-20,32H,6-8,10H2,1-5H3/b30-19-/t32-/m1/s1. The number of nitrogens with zero attached hydrogens (tertiary/aromatic N) is 6. The minimum Gasteiger partial charge on any atom is -0.497 e. The summed E-state index contributed by atoms with van der Waals surface area (Å²) < 4.78 is 20.4. The van der Waals surface area contributed by atoms with Gasteiger partial charge in [0.15, 0.2) is 15.8 Å². The number of benzene rings is 3. The molecule has 0 saturated heterocycles. The van der Waals surface area contributed by atoms with Crippen molar-refractivity contribution in [1.29, 1.82) is 0 Å². The SMILES string of the molecule is CCCC1=C(C(=O)OCC)[C@@H](c2cc(OC)ccc2OC)n2c(s/c(=C\c3cc([N+](=O)[O-])ccc3Sc3nnc(-c4cccc(Cl)c4)n3CC)c2=O)=N1. The maximum absolute atomic E-state index is 14.6. The number of nitro benzene ring substituents is 1. The number of esters is 1. The van der Waals surface area contributed by atoms with Gasteiger partial charge in [0, 0.05) is 39.7 Å². The number of thiazole rings is 1. The summed E-state index contributed by atoms with van der Waals surface area (Å²) >= 11 is 8.64. The highest BCUT2D eigenvalue weighted by Crippen LogP contribution is 2.39. The second-order valence-corrected chi connectivity index (χ2v) is 14.1. The largest absolute Gasteiger partial charge is 0.497 e. The number of non-ortho nitro benzene ring substituents is 1. The number of hydrogen-bond acceptors (Lipinski definition) is 12. The number of fused-ring (bicyclic) bond motifs is 1. The normalized spacial score (nSPS) is 14.2. The van der Waals surface area contributed by atoms with E-state index in [2.05, 4.69) is 10.2 Å². The van der Waals surface area contributed by atoms with E-state index in [9.17, 15) is 19.7 Å². The summed E-state index contributed by atoms with van der Waals surface area (Å²) in [5.41, 5.74) is 1.82. The third kappa shape index (κ3) is 7.50. The van der Waals surface area contributed by atoms with Gasteiger partial charge in [-0.05, 0) is 80.1 Å². The molecule has 0 aliphatic carbocycles. The first-order valence-corrected chi connectivity index (χ1v) is 18.7. The van der Waals surface area contributed by atoms with Crippen LogP contribution in [-0.2, 0) is 16.1 Å². The molecule has 2 aromatic heterocycles. The highest BCUT2D eigenvalue weighted by Gasteiger charge is 2.36. The van der Waals surface area contributed by atoms with Crippen LogP contribution in [0.15, 0.2) is 91.8 Å². The van der Waals surface area contributed by atoms with Crippen molar-refractivity contribution in [2.75, 3.05) is 20.8 Å². The van der Waals surface area contributed by atoms with Gasteiger partial charge in [-0.25, -0.2) is 9.79 Å². The minimum atomic E-state index is -0.967. The fourth-order valence-corrected chi connectivity index (χ4v) is 8.23. The van der Waals surface area contributed by atoms with Gasteiger partial charge in [-0.15, -0.1) is 10.2 Å². The second-order valence-electron chi connectivity index (χ2n) is 11.7. The molecule has 0 bridgehead atoms. The van der Waals surface area contributed by atoms with Crippen LogP contribution in [0, 0.1) is 10.1 Å². The number of rotatable bonds is 13. The van der Waals surface area contributed by atoms with Crippen LogP contribution in [0.5, 0.6) is 11.5 Å². The van der Waals surface area contributed by atoms with Gasteiger partial charge in [0.2, 0.25) is 0 Å². The van der Waals surface area contributed by atoms with Gasteiger partial charge >= 0.3 is 5.97 Å². The molecular formula is C37H35ClN6O7S2. The third-order valence-corrected chi connectivity index (χ3v) is 10.7. The number of halogens is 1. The molecule has 0 fully saturated rings. The lowest BCUT2D eigenvalue weighted by Crippen LogP contribution is -2.40. The summed E-state index contributed by atoms with van der Waals surface area (Å²) in [4.78, 5) is 45.5. The molecule has 53 heavy (non-hydrogen) atoms. The van der Waals surface area contributed by atoms with E-state index in [0.717, 1.165) is 16.9 Å². The number of carbonyl (C=O) groups excluding carboxylic acids is 1. The maximum Gasteiger partial charge on any atom is 0.338 e. The highest BCUT2D eigenvalue weighted by atomic mass is 35.5. The second kappa shape index (κ2) is 16.2. The van der Waals surface area contributed by atoms with E-state index in [4.69, 9.17) is 30.8 Å². The number of allylic oxidation sites excluding steroid dienone is 1. The van der Waals surface area contributed by atoms with E-state index < -0.39 is 22.5 Å². The van der Waals surface area contributed by atoms with Crippen molar-refractivity contribution >= 4 is 52.4 Å². The van der Waals surface area contributed by atoms with E-state index in [1.807, 2.05) is 30.5 Å². The molecule has 3 heterocycles. The van der Waals surface area contributed by atoms with Crippen molar-refractivity contribution in [2.24, 2.45) is 4.99 Å². The van der Waals surface area contributed by atoms with Crippen LogP contribution in [0.3, 0.4) is 0 Å². The van der Waals surface area contributed by atoms with Crippen molar-refractivity contribution in [3.63, 3.8) is 0 Å². The van der Waals surface area contributed by atoms with Crippen LogP contribution in [0.4, 0.5) is 5.69 Å². The van der Waals surface area contributed by atoms with Gasteiger partial charge < -0.3 is 18.8 Å². The summed E-state index contributed by atoms with van der Waals surface area (Å²) in [6, 6.07) is 16.0. The topological polar surface area (TPSA) is 153 Å². The zero-order valence-electron chi connectivity index (χ0n) is 29.5. The number of ether oxygens (including phenoxy) is 3. The first-order chi connectivity index (χ1) is 25.6. The third-order valence-electron chi connectivity index (χ3n) is 8.43. The molecule has 0 spiro atoms. The zero-order chi connectivity index (χ0) is 37.8. The van der Waals surface area contributed by atoms with Crippen LogP contribution >= 0.6 is 34.7 Å². The average Bonchev–Trinajstić information content (AvgIpc) is 3.70. The molecule has 3 aromatic carbocycles. The first-order valence-electron chi connectivity index (χ1n) is 16.7. The number of nitro groups is 1. The highest BCUT2D eigenvalue weighted by molar-refractivity contribution is 7.99. The Hall–Kier alpha value is -5.25. The van der Waals surface area contributed by atoms with Crippen LogP contribution in [0.2, 0.25) is 5.02 Å². The Balaban J connectivity index is 1.55. The van der Waals surface area contributed by atoms with E-state index in [1.165, 1.54) is 42.7 Å². The Morgan fingerprint density at radius 2 is 1.89 bits per heavy atom. The molecule has 0 radical (unpaired) electrons. The predicted molar refractivity (Wildman–Crippen MR) is 203 cm³/mol. The molecule has 6 rings (SSSR count). The van der Waals surface area contributed by atoms with Crippen LogP contribution in [-0.4, -0.2) is 51.1 Å². The van der Waals surface area contributed by atoms with E-state index in [1.54, 1.807) is 49.4 Å². The Labute approximate surface area is 317 Å². The van der Waals surface area contributed by atoms with Crippen LogP contribution < -0.4 is 24.4 Å². The molecule has 1 aliphatic heterocycles. The van der Waals surface area contributed by atoms with E-state index in [0.29, 0.717) is 73.4 Å². The van der Waals surface area contributed by atoms with E-state index in [-0.39, 0.29) is 22.4 Å². The summed E-state index contributed by atoms with van der Waals surface area (Å²) in [5.74, 6) is 0.942. The Morgan fingerprint density at radius 3 is 2.57 bits per heavy atom. The van der Waals surface area contributed by atoms with Gasteiger partial charge in [0.05, 0.1) is 41.6 Å². The molecule has 0 unspecified atom stereocenters. The Kier molecular flexibility index (Phi) is 11.5. The van der Waals surface area contributed by atoms with Gasteiger partial charge in [-0.3, -0.25) is 19.5 Å². The smallest absolute Gasteiger partial charge is 0.338 e. The van der Waals surface area contributed by atoms with Gasteiger partial charge in [-0.1, -0.05) is 48.4 Å². The van der Waals surface area contributed by atoms with E-state index >= 15 is 0 Å². The number of hydrogen-bond donors (Lipinski definition) is 0. The molecule has 5 aromatic rings. The van der Waals surface area contributed by atoms with Gasteiger partial charge in [0.1, 0.15) is 17.5 Å². The Bertz CT molecular complexity index is 2440. The number of methoxy groups -OCH3 is 2. The van der Waals surface area contributed by atoms with Gasteiger partial charge in [0.25, 0.3) is 11.2 Å². The lowest BCUT2D eigenvalue weighted by atomic mass is 9.93. The monoisotopic (exact) mass is 774 g/mol. The Morgan fingerprint density at radius 1 is 1.08 bits per heavy atom.